The number of aromatic nitrogens is 3. The molecule has 2 heterocycles. The Labute approximate surface area is 103 Å². The SMILES string of the molecule is NC1=NC(N)(Cc2ncn[nH]2)Nc2ccccc21. The second-order valence-corrected chi connectivity index (χ2v) is 4.20. The molecule has 18 heavy (non-hydrogen) atoms. The van der Waals surface area contributed by atoms with Gasteiger partial charge in [-0.05, 0) is 12.1 Å². The summed E-state index contributed by atoms with van der Waals surface area (Å²) in [5.74, 6) is 0.0742. The Kier molecular flexibility index (Phi) is 2.27. The molecule has 3 rings (SSSR count). The minimum absolute atomic E-state index is 0.377. The number of hydrogen-bond acceptors (Lipinski definition) is 6. The quantitative estimate of drug-likeness (QED) is 0.582. The lowest BCUT2D eigenvalue weighted by Crippen LogP contribution is -2.52. The number of benzene rings is 1. The van der Waals surface area contributed by atoms with E-state index in [1.807, 2.05) is 24.3 Å². The predicted molar refractivity (Wildman–Crippen MR) is 67.8 cm³/mol. The lowest BCUT2D eigenvalue weighted by molar-refractivity contribution is 0.490. The molecule has 1 aliphatic rings. The fraction of sp³-hybridized carbons (Fsp3) is 0.182. The van der Waals surface area contributed by atoms with Gasteiger partial charge in [-0.15, -0.1) is 0 Å². The maximum Gasteiger partial charge on any atom is 0.191 e. The van der Waals surface area contributed by atoms with E-state index in [4.69, 9.17) is 11.5 Å². The third kappa shape index (κ3) is 1.80. The van der Waals surface area contributed by atoms with E-state index in [1.54, 1.807) is 0 Å². The normalized spacial score (nSPS) is 21.9. The summed E-state index contributed by atoms with van der Waals surface area (Å²) in [6.07, 6.45) is 1.81. The Morgan fingerprint density at radius 2 is 2.11 bits per heavy atom. The first-order valence-electron chi connectivity index (χ1n) is 5.52. The van der Waals surface area contributed by atoms with Crippen molar-refractivity contribution in [1.29, 1.82) is 0 Å². The first-order valence-corrected chi connectivity index (χ1v) is 5.52. The molecule has 0 saturated heterocycles. The van der Waals surface area contributed by atoms with Crippen LogP contribution in [-0.2, 0) is 6.42 Å². The summed E-state index contributed by atoms with van der Waals surface area (Å²) in [4.78, 5) is 8.34. The Morgan fingerprint density at radius 3 is 2.89 bits per heavy atom. The summed E-state index contributed by atoms with van der Waals surface area (Å²) >= 11 is 0. The highest BCUT2D eigenvalue weighted by atomic mass is 15.3. The van der Waals surface area contributed by atoms with Crippen molar-refractivity contribution in [3.63, 3.8) is 0 Å². The van der Waals surface area contributed by atoms with Gasteiger partial charge < -0.3 is 11.1 Å². The molecule has 1 unspecified atom stereocenters. The molecule has 1 aromatic carbocycles. The monoisotopic (exact) mass is 243 g/mol. The van der Waals surface area contributed by atoms with Crippen LogP contribution in [0.3, 0.4) is 0 Å². The minimum atomic E-state index is -1.00. The fourth-order valence-electron chi connectivity index (χ4n) is 2.01. The third-order valence-electron chi connectivity index (χ3n) is 2.78. The summed E-state index contributed by atoms with van der Waals surface area (Å²) in [6.45, 7) is 0. The zero-order valence-corrected chi connectivity index (χ0v) is 9.59. The van der Waals surface area contributed by atoms with E-state index >= 15 is 0 Å². The highest BCUT2D eigenvalue weighted by Gasteiger charge is 2.31. The smallest absolute Gasteiger partial charge is 0.191 e. The lowest BCUT2D eigenvalue weighted by Gasteiger charge is -2.32. The molecule has 6 N–H and O–H groups in total. The largest absolute Gasteiger partial charge is 0.383 e. The van der Waals surface area contributed by atoms with Gasteiger partial charge in [-0.1, -0.05) is 12.1 Å². The molecule has 0 amide bonds. The van der Waals surface area contributed by atoms with Crippen molar-refractivity contribution < 1.29 is 0 Å². The Balaban J connectivity index is 1.95. The number of nitrogens with two attached hydrogens (primary N) is 2. The van der Waals surface area contributed by atoms with Crippen molar-refractivity contribution in [3.8, 4) is 0 Å². The number of nitrogens with one attached hydrogen (secondary N) is 2. The van der Waals surface area contributed by atoms with Crippen molar-refractivity contribution in [3.05, 3.63) is 42.0 Å². The van der Waals surface area contributed by atoms with Crippen molar-refractivity contribution in [1.82, 2.24) is 15.2 Å². The van der Waals surface area contributed by atoms with Crippen LogP contribution < -0.4 is 16.8 Å². The van der Waals surface area contributed by atoms with Crippen LogP contribution in [0.1, 0.15) is 11.4 Å². The topological polar surface area (TPSA) is 118 Å². The molecule has 0 fully saturated rings. The molecule has 7 heteroatoms. The first-order chi connectivity index (χ1) is 8.66. The summed E-state index contributed by atoms with van der Waals surface area (Å²) in [5.41, 5.74) is 13.8. The van der Waals surface area contributed by atoms with E-state index < -0.39 is 5.79 Å². The number of amidine groups is 1. The predicted octanol–water partition coefficient (Wildman–Crippen LogP) is -0.209. The molecule has 0 spiro atoms. The second-order valence-electron chi connectivity index (χ2n) is 4.20. The molecule has 1 atom stereocenters. The van der Waals surface area contributed by atoms with E-state index in [2.05, 4.69) is 25.5 Å². The molecule has 2 aromatic rings. The van der Waals surface area contributed by atoms with Gasteiger partial charge in [0.25, 0.3) is 0 Å². The molecule has 7 nitrogen and oxygen atoms in total. The van der Waals surface area contributed by atoms with Crippen LogP contribution in [0, 0.1) is 0 Å². The second kappa shape index (κ2) is 3.81. The highest BCUT2D eigenvalue weighted by Crippen LogP contribution is 2.25. The maximum absolute atomic E-state index is 6.19. The number of nitrogens with zero attached hydrogens (tertiary/aromatic N) is 3. The van der Waals surface area contributed by atoms with E-state index in [0.717, 1.165) is 11.3 Å². The maximum atomic E-state index is 6.19. The van der Waals surface area contributed by atoms with Crippen LogP contribution in [0.2, 0.25) is 0 Å². The van der Waals surface area contributed by atoms with Gasteiger partial charge in [0.1, 0.15) is 18.0 Å². The van der Waals surface area contributed by atoms with Crippen molar-refractivity contribution in [2.24, 2.45) is 16.5 Å². The molecule has 0 aliphatic carbocycles. The standard InChI is InChI=1S/C11H13N7/c12-10-7-3-1-2-4-8(7)16-11(13,17-10)5-9-14-6-15-18-9/h1-4,6,16H,5,13H2,(H2,12,17)(H,14,15,18). The van der Waals surface area contributed by atoms with Crippen molar-refractivity contribution in [2.75, 3.05) is 5.32 Å². The highest BCUT2D eigenvalue weighted by molar-refractivity contribution is 6.04. The molecule has 1 aliphatic heterocycles. The summed E-state index contributed by atoms with van der Waals surface area (Å²) < 4.78 is 0. The number of H-pyrrole nitrogens is 1. The summed E-state index contributed by atoms with van der Waals surface area (Å²) in [6, 6.07) is 7.64. The van der Waals surface area contributed by atoms with Crippen molar-refractivity contribution >= 4 is 11.5 Å². The number of anilines is 1. The third-order valence-corrected chi connectivity index (χ3v) is 2.78. The number of aliphatic imine (C=N–C) groups is 1. The number of fused-ring (bicyclic) bond motifs is 1. The molecular weight excluding hydrogens is 230 g/mol. The van der Waals surface area contributed by atoms with E-state index in [1.165, 1.54) is 6.33 Å². The number of aromatic amines is 1. The molecule has 0 saturated carbocycles. The van der Waals surface area contributed by atoms with Gasteiger partial charge in [0.05, 0.1) is 6.42 Å². The first kappa shape index (κ1) is 10.7. The van der Waals surface area contributed by atoms with E-state index in [-0.39, 0.29) is 0 Å². The van der Waals surface area contributed by atoms with Gasteiger partial charge in [0.2, 0.25) is 0 Å². The van der Waals surface area contributed by atoms with Crippen molar-refractivity contribution in [2.45, 2.75) is 12.2 Å². The molecular formula is C11H13N7. The van der Waals surface area contributed by atoms with E-state index in [9.17, 15) is 0 Å². The van der Waals surface area contributed by atoms with Gasteiger partial charge >= 0.3 is 0 Å². The van der Waals surface area contributed by atoms with Gasteiger partial charge in [0, 0.05) is 11.3 Å². The number of rotatable bonds is 2. The Hall–Kier alpha value is -2.41. The fourth-order valence-corrected chi connectivity index (χ4v) is 2.01. The van der Waals surface area contributed by atoms with Crippen LogP contribution in [0.15, 0.2) is 35.6 Å². The van der Waals surface area contributed by atoms with Gasteiger partial charge in [-0.2, -0.15) is 5.10 Å². The number of para-hydroxylation sites is 1. The van der Waals surface area contributed by atoms with Gasteiger partial charge in [-0.3, -0.25) is 10.8 Å². The molecule has 0 radical (unpaired) electrons. The average Bonchev–Trinajstić information content (AvgIpc) is 2.81. The zero-order valence-electron chi connectivity index (χ0n) is 9.59. The van der Waals surface area contributed by atoms with Gasteiger partial charge in [0.15, 0.2) is 5.79 Å². The average molecular weight is 243 g/mol. The number of hydrogen-bond donors (Lipinski definition) is 4. The summed E-state index contributed by atoms with van der Waals surface area (Å²) in [5, 5.41) is 9.70. The van der Waals surface area contributed by atoms with E-state index in [0.29, 0.717) is 18.1 Å². The molecule has 1 aromatic heterocycles. The van der Waals surface area contributed by atoms with Crippen LogP contribution in [0.5, 0.6) is 0 Å². The minimum Gasteiger partial charge on any atom is -0.383 e. The Morgan fingerprint density at radius 1 is 1.28 bits per heavy atom. The van der Waals surface area contributed by atoms with Crippen LogP contribution >= 0.6 is 0 Å². The van der Waals surface area contributed by atoms with Crippen LogP contribution in [-0.4, -0.2) is 26.8 Å². The Bertz CT molecular complexity index is 589. The van der Waals surface area contributed by atoms with Crippen LogP contribution in [0.25, 0.3) is 0 Å². The van der Waals surface area contributed by atoms with Crippen LogP contribution in [0.4, 0.5) is 5.69 Å². The van der Waals surface area contributed by atoms with Gasteiger partial charge in [-0.25, -0.2) is 9.98 Å². The lowest BCUT2D eigenvalue weighted by atomic mass is 10.1. The zero-order chi connectivity index (χ0) is 12.6. The summed E-state index contributed by atoms with van der Waals surface area (Å²) in [7, 11) is 0. The molecule has 92 valence electrons. The molecule has 0 bridgehead atoms.